The van der Waals surface area contributed by atoms with E-state index in [1.165, 1.54) is 0 Å². The molecule has 0 aliphatic carbocycles. The molecule has 7 heterocycles. The number of aromatic amines is 2. The first-order valence-corrected chi connectivity index (χ1v) is 11.3. The third-order valence-corrected chi connectivity index (χ3v) is 6.32. The fourth-order valence-electron chi connectivity index (χ4n) is 4.52. The first-order chi connectivity index (χ1) is 17.2. The van der Waals surface area contributed by atoms with E-state index < -0.39 is 0 Å². The Hall–Kier alpha value is -4.70. The highest BCUT2D eigenvalue weighted by Gasteiger charge is 2.25. The van der Waals surface area contributed by atoms with E-state index in [1.807, 2.05) is 30.5 Å². The van der Waals surface area contributed by atoms with Crippen LogP contribution >= 0.6 is 0 Å². The number of pyridine rings is 3. The quantitative estimate of drug-likeness (QED) is 0.365. The maximum absolute atomic E-state index is 5.92. The Labute approximate surface area is 199 Å². The zero-order chi connectivity index (χ0) is 23.4. The molecule has 7 rings (SSSR count). The van der Waals surface area contributed by atoms with Gasteiger partial charge in [-0.1, -0.05) is 6.07 Å². The fraction of sp³-hybridized carbons (Fsp3) is 0.120. The highest BCUT2D eigenvalue weighted by atomic mass is 15.3. The van der Waals surface area contributed by atoms with Crippen LogP contribution in [-0.4, -0.2) is 59.2 Å². The average molecular weight is 461 g/mol. The van der Waals surface area contributed by atoms with Crippen LogP contribution in [0.5, 0.6) is 0 Å². The molecule has 0 radical (unpaired) electrons. The van der Waals surface area contributed by atoms with Gasteiger partial charge in [0.1, 0.15) is 22.9 Å². The summed E-state index contributed by atoms with van der Waals surface area (Å²) in [4.78, 5) is 28.1. The molecule has 0 unspecified atom stereocenters. The first kappa shape index (κ1) is 19.7. The van der Waals surface area contributed by atoms with Crippen molar-refractivity contribution in [2.75, 3.05) is 18.0 Å². The zero-order valence-corrected chi connectivity index (χ0v) is 18.6. The molecule has 6 aromatic heterocycles. The van der Waals surface area contributed by atoms with Gasteiger partial charge in [0.25, 0.3) is 0 Å². The maximum atomic E-state index is 5.92. The molecule has 1 aliphatic heterocycles. The number of nitrogens with two attached hydrogens (primary N) is 1. The molecule has 0 bridgehead atoms. The van der Waals surface area contributed by atoms with E-state index >= 15 is 0 Å². The second kappa shape index (κ2) is 7.67. The molecule has 0 spiro atoms. The predicted octanol–water partition coefficient (Wildman–Crippen LogP) is 3.17. The van der Waals surface area contributed by atoms with Gasteiger partial charge in [0, 0.05) is 54.1 Å². The van der Waals surface area contributed by atoms with Gasteiger partial charge in [-0.3, -0.25) is 20.1 Å². The Morgan fingerprint density at radius 2 is 1.86 bits per heavy atom. The summed E-state index contributed by atoms with van der Waals surface area (Å²) in [5, 5.41) is 9.61. The summed E-state index contributed by atoms with van der Waals surface area (Å²) in [5.41, 5.74) is 12.7. The van der Waals surface area contributed by atoms with Crippen molar-refractivity contribution in [2.45, 2.75) is 6.04 Å². The van der Waals surface area contributed by atoms with Crippen molar-refractivity contribution in [3.05, 3.63) is 67.5 Å². The molecule has 0 amide bonds. The molecule has 6 aromatic rings. The van der Waals surface area contributed by atoms with Crippen LogP contribution in [0.3, 0.4) is 0 Å². The predicted molar refractivity (Wildman–Crippen MR) is 133 cm³/mol. The van der Waals surface area contributed by atoms with Crippen LogP contribution in [0.1, 0.15) is 0 Å². The van der Waals surface area contributed by atoms with Crippen molar-refractivity contribution in [3.8, 4) is 33.9 Å². The Morgan fingerprint density at radius 1 is 0.914 bits per heavy atom. The molecule has 0 aromatic carbocycles. The smallest absolute Gasteiger partial charge is 0.147 e. The van der Waals surface area contributed by atoms with Crippen LogP contribution in [0.4, 0.5) is 5.82 Å². The lowest BCUT2D eigenvalue weighted by Gasteiger charge is -2.37. The Bertz CT molecular complexity index is 1680. The molecular weight excluding hydrogens is 440 g/mol. The van der Waals surface area contributed by atoms with E-state index in [4.69, 9.17) is 10.7 Å². The summed E-state index contributed by atoms with van der Waals surface area (Å²) in [7, 11) is 0. The van der Waals surface area contributed by atoms with E-state index in [2.05, 4.69) is 46.1 Å². The summed E-state index contributed by atoms with van der Waals surface area (Å²) < 4.78 is 0. The lowest BCUT2D eigenvalue weighted by atomic mass is 10.1. The summed E-state index contributed by atoms with van der Waals surface area (Å²) in [6.45, 7) is 1.57. The monoisotopic (exact) mass is 460 g/mol. The van der Waals surface area contributed by atoms with Crippen molar-refractivity contribution in [2.24, 2.45) is 5.73 Å². The van der Waals surface area contributed by atoms with Gasteiger partial charge in [-0.25, -0.2) is 9.97 Å². The van der Waals surface area contributed by atoms with Crippen molar-refractivity contribution >= 4 is 27.8 Å². The minimum atomic E-state index is 0.188. The van der Waals surface area contributed by atoms with Crippen LogP contribution < -0.4 is 10.6 Å². The lowest BCUT2D eigenvalue weighted by Crippen LogP contribution is -2.56. The molecular formula is C25H20N10. The largest absolute Gasteiger partial charge is 0.352 e. The van der Waals surface area contributed by atoms with Crippen molar-refractivity contribution in [3.63, 3.8) is 0 Å². The van der Waals surface area contributed by atoms with Gasteiger partial charge in [-0.2, -0.15) is 5.10 Å². The molecule has 1 aliphatic rings. The third-order valence-electron chi connectivity index (χ3n) is 6.32. The second-order valence-corrected chi connectivity index (χ2v) is 8.66. The van der Waals surface area contributed by atoms with Crippen LogP contribution in [0.25, 0.3) is 55.8 Å². The molecule has 0 saturated carbocycles. The number of nitrogens with zero attached hydrogens (tertiary/aromatic N) is 7. The molecule has 4 N–H and O–H groups in total. The topological polar surface area (TPSA) is 138 Å². The molecule has 10 heteroatoms. The Morgan fingerprint density at radius 3 is 2.71 bits per heavy atom. The van der Waals surface area contributed by atoms with Crippen molar-refractivity contribution in [1.82, 2.24) is 40.1 Å². The van der Waals surface area contributed by atoms with E-state index in [0.717, 1.165) is 69.1 Å². The van der Waals surface area contributed by atoms with Crippen LogP contribution in [0.2, 0.25) is 0 Å². The van der Waals surface area contributed by atoms with Crippen LogP contribution in [-0.2, 0) is 0 Å². The van der Waals surface area contributed by atoms with Gasteiger partial charge in [-0.15, -0.1) is 0 Å². The number of fused-ring (bicyclic) bond motifs is 2. The van der Waals surface area contributed by atoms with Crippen LogP contribution in [0.15, 0.2) is 67.5 Å². The van der Waals surface area contributed by atoms with Crippen LogP contribution in [0, 0.1) is 0 Å². The SMILES string of the molecule is NC1CN(c2cncc(-c3cc4c(-c5cc6c(-c7cccnc7)ccnc6[nH]5)n[nH]c4cn3)n2)C1. The third kappa shape index (κ3) is 3.30. The summed E-state index contributed by atoms with van der Waals surface area (Å²) in [5.74, 6) is 0.808. The number of rotatable bonds is 4. The highest BCUT2D eigenvalue weighted by molar-refractivity contribution is 6.00. The summed E-state index contributed by atoms with van der Waals surface area (Å²) in [6.07, 6.45) is 10.7. The number of anilines is 1. The molecule has 1 saturated heterocycles. The van der Waals surface area contributed by atoms with E-state index in [9.17, 15) is 0 Å². The molecule has 0 atom stereocenters. The standard InChI is InChI=1S/C25H20N10/c26-15-12-35(13-15)23-11-28-9-22(31-23)19-7-18-21(10-30-19)33-34-24(18)20-6-17-16(3-5-29-25(17)32-20)14-2-1-4-27-8-14/h1-11,15H,12-13,26H2,(H,29,32)(H,33,34). The number of hydrogen-bond acceptors (Lipinski definition) is 8. The van der Waals surface area contributed by atoms with Gasteiger partial charge in [0.05, 0.1) is 35.5 Å². The highest BCUT2D eigenvalue weighted by Crippen LogP contribution is 2.33. The fourth-order valence-corrected chi connectivity index (χ4v) is 4.52. The van der Waals surface area contributed by atoms with E-state index in [1.54, 1.807) is 31.0 Å². The normalized spacial score (nSPS) is 14.0. The number of aromatic nitrogens is 8. The maximum Gasteiger partial charge on any atom is 0.147 e. The van der Waals surface area contributed by atoms with E-state index in [-0.39, 0.29) is 6.04 Å². The van der Waals surface area contributed by atoms with E-state index in [0.29, 0.717) is 5.69 Å². The lowest BCUT2D eigenvalue weighted by molar-refractivity contribution is 0.514. The van der Waals surface area contributed by atoms with Gasteiger partial charge in [0.15, 0.2) is 0 Å². The second-order valence-electron chi connectivity index (χ2n) is 8.66. The minimum Gasteiger partial charge on any atom is -0.352 e. The number of H-pyrrole nitrogens is 2. The van der Waals surface area contributed by atoms with Crippen molar-refractivity contribution in [1.29, 1.82) is 0 Å². The van der Waals surface area contributed by atoms with Gasteiger partial charge < -0.3 is 15.6 Å². The molecule has 35 heavy (non-hydrogen) atoms. The summed E-state index contributed by atoms with van der Waals surface area (Å²) in [6, 6.07) is 10.2. The average Bonchev–Trinajstić information content (AvgIpc) is 3.51. The number of nitrogens with one attached hydrogen (secondary N) is 2. The van der Waals surface area contributed by atoms with Crippen molar-refractivity contribution < 1.29 is 0 Å². The molecule has 170 valence electrons. The molecule has 1 fully saturated rings. The first-order valence-electron chi connectivity index (χ1n) is 11.3. The Kier molecular flexibility index (Phi) is 4.33. The minimum absolute atomic E-state index is 0.188. The zero-order valence-electron chi connectivity index (χ0n) is 18.6. The van der Waals surface area contributed by atoms with Gasteiger partial charge >= 0.3 is 0 Å². The molecule has 10 nitrogen and oxygen atoms in total. The Balaban J connectivity index is 1.31. The van der Waals surface area contributed by atoms with Gasteiger partial charge in [-0.05, 0) is 29.8 Å². The number of hydrogen-bond donors (Lipinski definition) is 3. The van der Waals surface area contributed by atoms with Gasteiger partial charge in [0.2, 0.25) is 0 Å². The summed E-state index contributed by atoms with van der Waals surface area (Å²) >= 11 is 0.